The number of aryl methyl sites for hydroxylation is 1. The Morgan fingerprint density at radius 3 is 3.05 bits per heavy atom. The molecule has 2 aromatic rings. The van der Waals surface area contributed by atoms with E-state index in [0.717, 1.165) is 36.1 Å². The van der Waals surface area contributed by atoms with E-state index in [2.05, 4.69) is 20.8 Å². The van der Waals surface area contributed by atoms with Gasteiger partial charge in [0.2, 0.25) is 5.91 Å². The first-order valence-corrected chi connectivity index (χ1v) is 7.75. The predicted octanol–water partition coefficient (Wildman–Crippen LogP) is 1.90. The van der Waals surface area contributed by atoms with Gasteiger partial charge >= 0.3 is 0 Å². The number of amides is 1. The highest BCUT2D eigenvalue weighted by Gasteiger charge is 2.20. The van der Waals surface area contributed by atoms with Crippen molar-refractivity contribution in [3.05, 3.63) is 30.6 Å². The van der Waals surface area contributed by atoms with Gasteiger partial charge in [0.1, 0.15) is 6.33 Å². The van der Waals surface area contributed by atoms with Crippen LogP contribution < -0.4 is 10.6 Å². The van der Waals surface area contributed by atoms with E-state index in [0.29, 0.717) is 6.54 Å². The first-order chi connectivity index (χ1) is 10.8. The van der Waals surface area contributed by atoms with Crippen molar-refractivity contribution in [2.24, 2.45) is 5.92 Å². The maximum Gasteiger partial charge on any atom is 0.238 e. The molecule has 116 valence electrons. The molecule has 0 bridgehead atoms. The average molecular weight is 299 g/mol. The van der Waals surface area contributed by atoms with Crippen LogP contribution in [0.5, 0.6) is 0 Å². The maximum atomic E-state index is 11.9. The van der Waals surface area contributed by atoms with Crippen molar-refractivity contribution >= 4 is 11.6 Å². The summed E-state index contributed by atoms with van der Waals surface area (Å²) in [6, 6.07) is 7.69. The van der Waals surface area contributed by atoms with E-state index in [-0.39, 0.29) is 5.91 Å². The first kappa shape index (κ1) is 14.7. The molecular weight excluding hydrogens is 278 g/mol. The van der Waals surface area contributed by atoms with Crippen molar-refractivity contribution in [2.75, 3.05) is 18.4 Å². The second kappa shape index (κ2) is 6.70. The molecule has 6 nitrogen and oxygen atoms in total. The summed E-state index contributed by atoms with van der Waals surface area (Å²) in [6.45, 7) is 4.15. The van der Waals surface area contributed by atoms with Gasteiger partial charge in [0.15, 0.2) is 5.82 Å². The Kier molecular flexibility index (Phi) is 4.48. The van der Waals surface area contributed by atoms with E-state index in [1.807, 2.05) is 35.8 Å². The van der Waals surface area contributed by atoms with Crippen LogP contribution in [0.4, 0.5) is 5.69 Å². The molecule has 0 radical (unpaired) electrons. The van der Waals surface area contributed by atoms with Gasteiger partial charge in [-0.15, -0.1) is 10.2 Å². The van der Waals surface area contributed by atoms with Crippen LogP contribution in [0.2, 0.25) is 0 Å². The molecule has 6 heteroatoms. The normalized spacial score (nSPS) is 14.0. The smallest absolute Gasteiger partial charge is 0.238 e. The van der Waals surface area contributed by atoms with E-state index >= 15 is 0 Å². The van der Waals surface area contributed by atoms with Crippen LogP contribution in [0.3, 0.4) is 0 Å². The predicted molar refractivity (Wildman–Crippen MR) is 85.4 cm³/mol. The fraction of sp³-hybridized carbons (Fsp3) is 0.438. The molecule has 0 atom stereocenters. The molecule has 22 heavy (non-hydrogen) atoms. The first-order valence-electron chi connectivity index (χ1n) is 7.75. The standard InChI is InChI=1S/C16H21N5O/c1-2-21-11-18-20-16(21)13-4-3-5-14(8-13)19-15(22)10-17-9-12-6-7-12/h3-5,8,11-12,17H,2,6-7,9-10H2,1H3,(H,19,22). The number of nitrogens with zero attached hydrogens (tertiary/aromatic N) is 3. The largest absolute Gasteiger partial charge is 0.325 e. The number of benzene rings is 1. The number of carbonyl (C=O) groups is 1. The van der Waals surface area contributed by atoms with Crippen molar-refractivity contribution in [1.29, 1.82) is 0 Å². The topological polar surface area (TPSA) is 71.8 Å². The van der Waals surface area contributed by atoms with Gasteiger partial charge in [0.05, 0.1) is 6.54 Å². The average Bonchev–Trinajstić information content (AvgIpc) is 3.21. The van der Waals surface area contributed by atoms with Crippen LogP contribution in [-0.4, -0.2) is 33.8 Å². The Balaban J connectivity index is 1.61. The van der Waals surface area contributed by atoms with Crippen LogP contribution in [0.1, 0.15) is 19.8 Å². The minimum absolute atomic E-state index is 0.0187. The minimum Gasteiger partial charge on any atom is -0.325 e. The van der Waals surface area contributed by atoms with Gasteiger partial charge in [-0.1, -0.05) is 12.1 Å². The number of hydrogen-bond donors (Lipinski definition) is 2. The van der Waals surface area contributed by atoms with Crippen molar-refractivity contribution < 1.29 is 4.79 Å². The molecule has 0 saturated heterocycles. The van der Waals surface area contributed by atoms with Crippen LogP contribution in [-0.2, 0) is 11.3 Å². The summed E-state index contributed by atoms with van der Waals surface area (Å²) in [4.78, 5) is 11.9. The Labute approximate surface area is 129 Å². The maximum absolute atomic E-state index is 11.9. The fourth-order valence-electron chi connectivity index (χ4n) is 2.36. The molecule has 1 aliphatic rings. The SMILES string of the molecule is CCn1cnnc1-c1cccc(NC(=O)CNCC2CC2)c1. The Morgan fingerprint density at radius 1 is 1.41 bits per heavy atom. The highest BCUT2D eigenvalue weighted by atomic mass is 16.1. The zero-order valence-corrected chi connectivity index (χ0v) is 12.7. The highest BCUT2D eigenvalue weighted by molar-refractivity contribution is 5.92. The molecule has 0 spiro atoms. The molecule has 1 fully saturated rings. The number of hydrogen-bond acceptors (Lipinski definition) is 4. The monoisotopic (exact) mass is 299 g/mol. The molecule has 1 aromatic carbocycles. The molecule has 1 saturated carbocycles. The lowest BCUT2D eigenvalue weighted by atomic mass is 10.2. The molecular formula is C16H21N5O. The molecule has 1 aliphatic carbocycles. The molecule has 0 unspecified atom stereocenters. The molecule has 1 aromatic heterocycles. The van der Waals surface area contributed by atoms with E-state index in [4.69, 9.17) is 0 Å². The molecule has 3 rings (SSSR count). The van der Waals surface area contributed by atoms with Gasteiger partial charge < -0.3 is 15.2 Å². The third-order valence-corrected chi connectivity index (χ3v) is 3.78. The summed E-state index contributed by atoms with van der Waals surface area (Å²) < 4.78 is 1.97. The fourth-order valence-corrected chi connectivity index (χ4v) is 2.36. The minimum atomic E-state index is -0.0187. The molecule has 2 N–H and O–H groups in total. The van der Waals surface area contributed by atoms with Crippen molar-refractivity contribution in [3.8, 4) is 11.4 Å². The summed E-state index contributed by atoms with van der Waals surface area (Å²) in [5, 5.41) is 14.2. The van der Waals surface area contributed by atoms with Crippen LogP contribution >= 0.6 is 0 Å². The van der Waals surface area contributed by atoms with Crippen molar-refractivity contribution in [1.82, 2.24) is 20.1 Å². The summed E-state index contributed by atoms with van der Waals surface area (Å²) >= 11 is 0. The van der Waals surface area contributed by atoms with Gasteiger partial charge in [-0.25, -0.2) is 0 Å². The number of nitrogens with one attached hydrogen (secondary N) is 2. The quantitative estimate of drug-likeness (QED) is 0.819. The van der Waals surface area contributed by atoms with Gasteiger partial charge in [-0.3, -0.25) is 4.79 Å². The Hall–Kier alpha value is -2.21. The Bertz CT molecular complexity index is 647. The summed E-state index contributed by atoms with van der Waals surface area (Å²) in [5.41, 5.74) is 1.73. The number of anilines is 1. The van der Waals surface area contributed by atoms with Crippen LogP contribution in [0, 0.1) is 5.92 Å². The van der Waals surface area contributed by atoms with Crippen LogP contribution in [0.15, 0.2) is 30.6 Å². The Morgan fingerprint density at radius 2 is 2.27 bits per heavy atom. The molecule has 1 amide bonds. The van der Waals surface area contributed by atoms with E-state index in [1.165, 1.54) is 12.8 Å². The summed E-state index contributed by atoms with van der Waals surface area (Å²) in [6.07, 6.45) is 4.28. The third-order valence-electron chi connectivity index (χ3n) is 3.78. The lowest BCUT2D eigenvalue weighted by molar-refractivity contribution is -0.115. The molecule has 1 heterocycles. The van der Waals surface area contributed by atoms with Gasteiger partial charge in [-0.05, 0) is 44.4 Å². The van der Waals surface area contributed by atoms with E-state index in [9.17, 15) is 4.79 Å². The van der Waals surface area contributed by atoms with Crippen LogP contribution in [0.25, 0.3) is 11.4 Å². The second-order valence-corrected chi connectivity index (χ2v) is 5.64. The summed E-state index contributed by atoms with van der Waals surface area (Å²) in [7, 11) is 0. The number of aromatic nitrogens is 3. The lowest BCUT2D eigenvalue weighted by Gasteiger charge is -2.08. The lowest BCUT2D eigenvalue weighted by Crippen LogP contribution is -2.29. The second-order valence-electron chi connectivity index (χ2n) is 5.64. The highest BCUT2D eigenvalue weighted by Crippen LogP contribution is 2.27. The van der Waals surface area contributed by atoms with Crippen molar-refractivity contribution in [3.63, 3.8) is 0 Å². The molecule has 0 aliphatic heterocycles. The zero-order valence-electron chi connectivity index (χ0n) is 12.7. The zero-order chi connectivity index (χ0) is 15.4. The van der Waals surface area contributed by atoms with Gasteiger partial charge in [0.25, 0.3) is 0 Å². The van der Waals surface area contributed by atoms with Gasteiger partial charge in [0, 0.05) is 17.8 Å². The third kappa shape index (κ3) is 3.71. The number of carbonyl (C=O) groups excluding carboxylic acids is 1. The van der Waals surface area contributed by atoms with E-state index in [1.54, 1.807) is 6.33 Å². The van der Waals surface area contributed by atoms with Crippen molar-refractivity contribution in [2.45, 2.75) is 26.3 Å². The number of rotatable bonds is 7. The van der Waals surface area contributed by atoms with Gasteiger partial charge in [-0.2, -0.15) is 0 Å². The van der Waals surface area contributed by atoms with E-state index < -0.39 is 0 Å². The summed E-state index contributed by atoms with van der Waals surface area (Å²) in [5.74, 6) is 1.57.